The van der Waals surface area contributed by atoms with E-state index in [0.29, 0.717) is 5.69 Å². The smallest absolute Gasteiger partial charge is 0.335 e. The summed E-state index contributed by atoms with van der Waals surface area (Å²) in [4.78, 5) is 21.3. The summed E-state index contributed by atoms with van der Waals surface area (Å²) in [7, 11) is 0. The molecule has 2 rings (SSSR count). The molecule has 7 heteroatoms. The molecule has 0 radical (unpaired) electrons. The van der Waals surface area contributed by atoms with Gasteiger partial charge in [0.2, 0.25) is 0 Å². The molecule has 0 heterocycles. The molecule has 0 saturated heterocycles. The second kappa shape index (κ2) is 5.58. The van der Waals surface area contributed by atoms with Crippen molar-refractivity contribution in [1.29, 1.82) is 0 Å². The Morgan fingerprint density at radius 2 is 2.00 bits per heavy atom. The number of rotatable bonds is 4. The number of hydrogen-bond acceptors (Lipinski definition) is 4. The Morgan fingerprint density at radius 3 is 2.62 bits per heavy atom. The van der Waals surface area contributed by atoms with Crippen molar-refractivity contribution in [1.82, 2.24) is 0 Å². The van der Waals surface area contributed by atoms with Crippen LogP contribution < -0.4 is 5.32 Å². The van der Waals surface area contributed by atoms with Gasteiger partial charge in [-0.2, -0.15) is 0 Å². The Bertz CT molecular complexity index is 731. The molecule has 0 unspecified atom stereocenters. The largest absolute Gasteiger partial charge is 0.478 e. The summed E-state index contributed by atoms with van der Waals surface area (Å²) in [5.41, 5.74) is 0.225. The van der Waals surface area contributed by atoms with Gasteiger partial charge in [-0.25, -0.2) is 9.18 Å². The lowest BCUT2D eigenvalue weighted by Crippen LogP contribution is -2.03. The molecule has 0 aliphatic carbocycles. The van der Waals surface area contributed by atoms with Crippen molar-refractivity contribution in [3.8, 4) is 0 Å². The van der Waals surface area contributed by atoms with Gasteiger partial charge in [0.25, 0.3) is 5.69 Å². The minimum Gasteiger partial charge on any atom is -0.478 e. The Hall–Kier alpha value is -2.96. The van der Waals surface area contributed by atoms with Crippen LogP contribution in [-0.4, -0.2) is 16.0 Å². The van der Waals surface area contributed by atoms with Crippen molar-refractivity contribution in [2.24, 2.45) is 0 Å². The van der Waals surface area contributed by atoms with Crippen molar-refractivity contribution >= 4 is 23.0 Å². The number of nitrogens with zero attached hydrogens (tertiary/aromatic N) is 1. The van der Waals surface area contributed by atoms with Crippen molar-refractivity contribution in [2.45, 2.75) is 6.92 Å². The number of aromatic carboxylic acids is 1. The minimum absolute atomic E-state index is 0.00593. The molecule has 108 valence electrons. The highest BCUT2D eigenvalue weighted by Crippen LogP contribution is 2.30. The SMILES string of the molecule is Cc1c(F)cccc1Nc1cc(C(=O)O)ccc1[N+](=O)[O-]. The summed E-state index contributed by atoms with van der Waals surface area (Å²) < 4.78 is 13.5. The molecule has 2 aromatic carbocycles. The van der Waals surface area contributed by atoms with E-state index in [9.17, 15) is 19.3 Å². The maximum atomic E-state index is 13.5. The van der Waals surface area contributed by atoms with Gasteiger partial charge in [0.15, 0.2) is 0 Å². The summed E-state index contributed by atoms with van der Waals surface area (Å²) in [6.45, 7) is 1.52. The first-order valence-electron chi connectivity index (χ1n) is 5.94. The molecule has 0 fully saturated rings. The van der Waals surface area contributed by atoms with Crippen LogP contribution >= 0.6 is 0 Å². The average Bonchev–Trinajstić information content (AvgIpc) is 2.43. The van der Waals surface area contributed by atoms with Crippen LogP contribution in [0.5, 0.6) is 0 Å². The van der Waals surface area contributed by atoms with Crippen LogP contribution in [-0.2, 0) is 0 Å². The van der Waals surface area contributed by atoms with Gasteiger partial charge in [-0.1, -0.05) is 6.07 Å². The summed E-state index contributed by atoms with van der Waals surface area (Å²) in [6, 6.07) is 7.66. The van der Waals surface area contributed by atoms with E-state index in [1.54, 1.807) is 6.07 Å². The van der Waals surface area contributed by atoms with Crippen molar-refractivity contribution in [3.63, 3.8) is 0 Å². The lowest BCUT2D eigenvalue weighted by atomic mass is 10.1. The lowest BCUT2D eigenvalue weighted by Gasteiger charge is -2.11. The van der Waals surface area contributed by atoms with Gasteiger partial charge in [-0.3, -0.25) is 10.1 Å². The van der Waals surface area contributed by atoms with Crippen LogP contribution in [0.2, 0.25) is 0 Å². The molecule has 0 atom stereocenters. The van der Waals surface area contributed by atoms with E-state index in [4.69, 9.17) is 5.11 Å². The van der Waals surface area contributed by atoms with Crippen LogP contribution in [0, 0.1) is 22.9 Å². The number of nitro groups is 1. The fourth-order valence-corrected chi connectivity index (χ4v) is 1.82. The maximum absolute atomic E-state index is 13.5. The zero-order chi connectivity index (χ0) is 15.6. The molecule has 0 amide bonds. The summed E-state index contributed by atoms with van der Waals surface area (Å²) in [5.74, 6) is -1.67. The minimum atomic E-state index is -1.20. The van der Waals surface area contributed by atoms with Gasteiger partial charge in [0.1, 0.15) is 11.5 Å². The van der Waals surface area contributed by atoms with Crippen molar-refractivity contribution in [2.75, 3.05) is 5.32 Å². The fraction of sp³-hybridized carbons (Fsp3) is 0.0714. The molecule has 2 aromatic rings. The second-order valence-corrected chi connectivity index (χ2v) is 4.33. The number of nitrogens with one attached hydrogen (secondary N) is 1. The monoisotopic (exact) mass is 290 g/mol. The van der Waals surface area contributed by atoms with Gasteiger partial charge >= 0.3 is 5.97 Å². The zero-order valence-electron chi connectivity index (χ0n) is 11.0. The van der Waals surface area contributed by atoms with E-state index in [-0.39, 0.29) is 22.5 Å². The number of carboxylic acid groups (broad SMARTS) is 1. The predicted octanol–water partition coefficient (Wildman–Crippen LogP) is 3.48. The number of benzene rings is 2. The Morgan fingerprint density at radius 1 is 1.29 bits per heavy atom. The van der Waals surface area contributed by atoms with Crippen molar-refractivity contribution in [3.05, 3.63) is 63.5 Å². The Labute approximate surface area is 119 Å². The molecular weight excluding hydrogens is 279 g/mol. The average molecular weight is 290 g/mol. The van der Waals surface area contributed by atoms with Gasteiger partial charge in [0.05, 0.1) is 10.5 Å². The van der Waals surface area contributed by atoms with E-state index in [0.717, 1.165) is 18.2 Å². The van der Waals surface area contributed by atoms with Gasteiger partial charge in [-0.15, -0.1) is 0 Å². The number of nitro benzene ring substituents is 1. The molecule has 6 nitrogen and oxygen atoms in total. The van der Waals surface area contributed by atoms with E-state index in [1.165, 1.54) is 19.1 Å². The van der Waals surface area contributed by atoms with Gasteiger partial charge in [-0.05, 0) is 31.2 Å². The number of halogens is 1. The van der Waals surface area contributed by atoms with Crippen LogP contribution in [0.25, 0.3) is 0 Å². The molecule has 0 aromatic heterocycles. The molecule has 0 aliphatic rings. The number of carbonyl (C=O) groups is 1. The molecule has 0 spiro atoms. The van der Waals surface area contributed by atoms with Crippen LogP contribution in [0.3, 0.4) is 0 Å². The quantitative estimate of drug-likeness (QED) is 0.664. The highest BCUT2D eigenvalue weighted by Gasteiger charge is 2.17. The third-order valence-corrected chi connectivity index (χ3v) is 2.98. The van der Waals surface area contributed by atoms with E-state index >= 15 is 0 Å². The summed E-state index contributed by atoms with van der Waals surface area (Å²) in [6.07, 6.45) is 0. The summed E-state index contributed by atoms with van der Waals surface area (Å²) in [5, 5.41) is 22.6. The summed E-state index contributed by atoms with van der Waals surface area (Å²) >= 11 is 0. The number of anilines is 2. The van der Waals surface area contributed by atoms with Crippen LogP contribution in [0.4, 0.5) is 21.5 Å². The Kier molecular flexibility index (Phi) is 3.84. The third-order valence-electron chi connectivity index (χ3n) is 2.98. The first kappa shape index (κ1) is 14.4. The van der Waals surface area contributed by atoms with Gasteiger partial charge < -0.3 is 10.4 Å². The molecule has 2 N–H and O–H groups in total. The molecule has 0 bridgehead atoms. The predicted molar refractivity (Wildman–Crippen MR) is 74.5 cm³/mol. The zero-order valence-corrected chi connectivity index (χ0v) is 11.0. The fourth-order valence-electron chi connectivity index (χ4n) is 1.82. The van der Waals surface area contributed by atoms with E-state index in [1.807, 2.05) is 0 Å². The molecule has 0 saturated carbocycles. The number of carboxylic acids is 1. The van der Waals surface area contributed by atoms with Crippen molar-refractivity contribution < 1.29 is 19.2 Å². The standard InChI is InChI=1S/C14H11FN2O4/c1-8-10(15)3-2-4-11(8)16-12-7-9(14(18)19)5-6-13(12)17(20)21/h2-7,16H,1H3,(H,18,19). The highest BCUT2D eigenvalue weighted by atomic mass is 19.1. The normalized spacial score (nSPS) is 10.2. The Balaban J connectivity index is 2.51. The number of hydrogen-bond donors (Lipinski definition) is 2. The van der Waals surface area contributed by atoms with Gasteiger partial charge in [0, 0.05) is 17.3 Å². The topological polar surface area (TPSA) is 92.5 Å². The highest BCUT2D eigenvalue weighted by molar-refractivity contribution is 5.90. The first-order valence-corrected chi connectivity index (χ1v) is 5.94. The molecular formula is C14H11FN2O4. The third kappa shape index (κ3) is 2.97. The maximum Gasteiger partial charge on any atom is 0.335 e. The lowest BCUT2D eigenvalue weighted by molar-refractivity contribution is -0.383. The van der Waals surface area contributed by atoms with Crippen LogP contribution in [0.1, 0.15) is 15.9 Å². The molecule has 0 aliphatic heterocycles. The van der Waals surface area contributed by atoms with Crippen LogP contribution in [0.15, 0.2) is 36.4 Å². The van der Waals surface area contributed by atoms with E-state index < -0.39 is 16.7 Å². The second-order valence-electron chi connectivity index (χ2n) is 4.33. The first-order chi connectivity index (χ1) is 9.90. The van der Waals surface area contributed by atoms with E-state index in [2.05, 4.69) is 5.32 Å². The molecule has 21 heavy (non-hydrogen) atoms.